The predicted octanol–water partition coefficient (Wildman–Crippen LogP) is 4.10. The van der Waals surface area contributed by atoms with Gasteiger partial charge in [0.25, 0.3) is 5.91 Å². The number of aromatic nitrogens is 2. The van der Waals surface area contributed by atoms with E-state index in [2.05, 4.69) is 27.6 Å². The molecule has 3 aromatic rings. The molecule has 0 spiro atoms. The lowest BCUT2D eigenvalue weighted by Crippen LogP contribution is -2.07. The van der Waals surface area contributed by atoms with Crippen LogP contribution in [0.4, 0.5) is 6.01 Å². The normalized spacial score (nSPS) is 11.0. The summed E-state index contributed by atoms with van der Waals surface area (Å²) in [5, 5.41) is 12.3. The minimum atomic E-state index is -0.303. The monoisotopic (exact) mass is 357 g/mol. The van der Waals surface area contributed by atoms with Crippen LogP contribution in [0, 0.1) is 0 Å². The Bertz CT molecular complexity index is 824. The minimum absolute atomic E-state index is 0.103. The quantitative estimate of drug-likeness (QED) is 0.531. The fraction of sp³-hybridized carbons (Fsp3) is 0.118. The third-order valence-electron chi connectivity index (χ3n) is 3.15. The summed E-state index contributed by atoms with van der Waals surface area (Å²) in [4.78, 5) is 14.0. The van der Waals surface area contributed by atoms with Gasteiger partial charge in [0.05, 0.1) is 6.42 Å². The van der Waals surface area contributed by atoms with Crippen molar-refractivity contribution in [3.05, 3.63) is 64.2 Å². The molecule has 0 saturated heterocycles. The number of hydrogen-bond donors (Lipinski definition) is 1. The van der Waals surface area contributed by atoms with E-state index in [9.17, 15) is 4.79 Å². The van der Waals surface area contributed by atoms with Crippen LogP contribution in [0.3, 0.4) is 0 Å². The zero-order chi connectivity index (χ0) is 16.8. The third-order valence-corrected chi connectivity index (χ3v) is 4.73. The van der Waals surface area contributed by atoms with E-state index in [1.807, 2.05) is 35.9 Å². The van der Waals surface area contributed by atoms with E-state index >= 15 is 0 Å². The lowest BCUT2D eigenvalue weighted by atomic mass is 10.1. The van der Waals surface area contributed by atoms with Crippen LogP contribution >= 0.6 is 23.1 Å². The SMILES string of the molecule is CSc1ccc(Cc2nnc(NC(=O)/C=C/c3cccs3)o2)cc1. The number of rotatable bonds is 6. The molecule has 0 aliphatic carbocycles. The molecule has 0 atom stereocenters. The minimum Gasteiger partial charge on any atom is -0.407 e. The van der Waals surface area contributed by atoms with Crippen LogP contribution in [0.1, 0.15) is 16.3 Å². The zero-order valence-electron chi connectivity index (χ0n) is 12.9. The summed E-state index contributed by atoms with van der Waals surface area (Å²) in [7, 11) is 0. The van der Waals surface area contributed by atoms with Crippen molar-refractivity contribution in [1.82, 2.24) is 10.2 Å². The van der Waals surface area contributed by atoms with Crippen LogP contribution < -0.4 is 5.32 Å². The van der Waals surface area contributed by atoms with E-state index in [0.29, 0.717) is 12.3 Å². The molecule has 0 unspecified atom stereocenters. The molecule has 122 valence electrons. The van der Waals surface area contributed by atoms with Gasteiger partial charge in [0.15, 0.2) is 0 Å². The summed E-state index contributed by atoms with van der Waals surface area (Å²) in [5.74, 6) is 0.160. The van der Waals surface area contributed by atoms with Crippen LogP contribution in [0.15, 0.2) is 57.2 Å². The lowest BCUT2D eigenvalue weighted by Gasteiger charge is -1.99. The van der Waals surface area contributed by atoms with Crippen molar-refractivity contribution in [2.75, 3.05) is 11.6 Å². The second-order valence-corrected chi connectivity index (χ2v) is 6.72. The highest BCUT2D eigenvalue weighted by molar-refractivity contribution is 7.98. The molecule has 1 aromatic carbocycles. The molecule has 0 aliphatic heterocycles. The lowest BCUT2D eigenvalue weighted by molar-refractivity contribution is -0.112. The maximum absolute atomic E-state index is 11.8. The van der Waals surface area contributed by atoms with Gasteiger partial charge in [-0.05, 0) is 41.5 Å². The average molecular weight is 357 g/mol. The van der Waals surface area contributed by atoms with Gasteiger partial charge in [-0.1, -0.05) is 23.3 Å². The number of nitrogens with one attached hydrogen (secondary N) is 1. The number of carbonyl (C=O) groups excluding carboxylic acids is 1. The Labute approximate surface area is 147 Å². The molecule has 7 heteroatoms. The topological polar surface area (TPSA) is 68.0 Å². The maximum atomic E-state index is 11.8. The van der Waals surface area contributed by atoms with Crippen LogP contribution in [0.25, 0.3) is 6.08 Å². The van der Waals surface area contributed by atoms with Gasteiger partial charge >= 0.3 is 6.01 Å². The van der Waals surface area contributed by atoms with Gasteiger partial charge in [0.1, 0.15) is 0 Å². The van der Waals surface area contributed by atoms with E-state index in [0.717, 1.165) is 10.4 Å². The summed E-state index contributed by atoms with van der Waals surface area (Å²) in [6.07, 6.45) is 5.75. The van der Waals surface area contributed by atoms with E-state index in [1.165, 1.54) is 11.0 Å². The van der Waals surface area contributed by atoms with Crippen molar-refractivity contribution in [3.63, 3.8) is 0 Å². The number of benzene rings is 1. The molecular weight excluding hydrogens is 342 g/mol. The van der Waals surface area contributed by atoms with E-state index in [-0.39, 0.29) is 11.9 Å². The largest absolute Gasteiger partial charge is 0.407 e. The molecule has 5 nitrogen and oxygen atoms in total. The second-order valence-electron chi connectivity index (χ2n) is 4.86. The number of amides is 1. The molecule has 3 rings (SSSR count). The first kappa shape index (κ1) is 16.5. The molecule has 2 aromatic heterocycles. The van der Waals surface area contributed by atoms with Crippen molar-refractivity contribution in [2.24, 2.45) is 0 Å². The Morgan fingerprint density at radius 3 is 2.83 bits per heavy atom. The first-order chi connectivity index (χ1) is 11.7. The Morgan fingerprint density at radius 1 is 1.29 bits per heavy atom. The number of thioether (sulfide) groups is 1. The van der Waals surface area contributed by atoms with Gasteiger partial charge < -0.3 is 4.42 Å². The Morgan fingerprint density at radius 2 is 2.12 bits per heavy atom. The van der Waals surface area contributed by atoms with Gasteiger partial charge in [-0.25, -0.2) is 0 Å². The molecule has 0 fully saturated rings. The summed E-state index contributed by atoms with van der Waals surface area (Å²) >= 11 is 3.25. The summed E-state index contributed by atoms with van der Waals surface area (Å²) in [6.45, 7) is 0. The molecule has 0 saturated carbocycles. The number of hydrogen-bond acceptors (Lipinski definition) is 6. The van der Waals surface area contributed by atoms with Crippen molar-refractivity contribution >= 4 is 41.1 Å². The Kier molecular flexibility index (Phi) is 5.45. The molecule has 0 bridgehead atoms. The zero-order valence-corrected chi connectivity index (χ0v) is 14.6. The molecular formula is C17H15N3O2S2. The first-order valence-corrected chi connectivity index (χ1v) is 9.31. The highest BCUT2D eigenvalue weighted by Gasteiger charge is 2.09. The van der Waals surface area contributed by atoms with Gasteiger partial charge in [-0.2, -0.15) is 0 Å². The molecule has 0 aliphatic rings. The third kappa shape index (κ3) is 4.56. The summed E-state index contributed by atoms with van der Waals surface area (Å²) < 4.78 is 5.46. The standard InChI is InChI=1S/C17H15N3O2S2/c1-23-13-6-4-12(5-7-13)11-16-19-20-17(22-16)18-15(21)9-8-14-3-2-10-24-14/h2-10H,11H2,1H3,(H,18,20,21)/b9-8+. The number of nitrogens with zero attached hydrogens (tertiary/aromatic N) is 2. The van der Waals surface area contributed by atoms with Crippen LogP contribution in [0.5, 0.6) is 0 Å². The van der Waals surface area contributed by atoms with Crippen molar-refractivity contribution in [3.8, 4) is 0 Å². The van der Waals surface area contributed by atoms with E-state index in [1.54, 1.807) is 29.2 Å². The average Bonchev–Trinajstić information content (AvgIpc) is 3.26. The molecule has 1 N–H and O–H groups in total. The smallest absolute Gasteiger partial charge is 0.322 e. The van der Waals surface area contributed by atoms with Crippen LogP contribution in [0.2, 0.25) is 0 Å². The van der Waals surface area contributed by atoms with Crippen molar-refractivity contribution in [2.45, 2.75) is 11.3 Å². The van der Waals surface area contributed by atoms with Gasteiger partial charge in [-0.3, -0.25) is 10.1 Å². The Balaban J connectivity index is 1.57. The van der Waals surface area contributed by atoms with Gasteiger partial charge in [-0.15, -0.1) is 28.2 Å². The highest BCUT2D eigenvalue weighted by atomic mass is 32.2. The fourth-order valence-corrected chi connectivity index (χ4v) is 3.01. The molecule has 0 radical (unpaired) electrons. The summed E-state index contributed by atoms with van der Waals surface area (Å²) in [5.41, 5.74) is 1.08. The van der Waals surface area contributed by atoms with E-state index < -0.39 is 0 Å². The van der Waals surface area contributed by atoms with Gasteiger partial charge in [0.2, 0.25) is 5.89 Å². The molecule has 2 heterocycles. The van der Waals surface area contributed by atoms with Crippen molar-refractivity contribution in [1.29, 1.82) is 0 Å². The van der Waals surface area contributed by atoms with E-state index in [4.69, 9.17) is 4.42 Å². The second kappa shape index (κ2) is 7.94. The van der Waals surface area contributed by atoms with Gasteiger partial charge in [0, 0.05) is 15.8 Å². The van der Waals surface area contributed by atoms with Crippen LogP contribution in [-0.2, 0) is 11.2 Å². The number of anilines is 1. The number of carbonyl (C=O) groups is 1. The molecule has 1 amide bonds. The highest BCUT2D eigenvalue weighted by Crippen LogP contribution is 2.17. The predicted molar refractivity (Wildman–Crippen MR) is 97.3 cm³/mol. The number of thiophene rings is 1. The summed E-state index contributed by atoms with van der Waals surface area (Å²) in [6, 6.07) is 12.1. The fourth-order valence-electron chi connectivity index (χ4n) is 1.98. The first-order valence-electron chi connectivity index (χ1n) is 7.21. The van der Waals surface area contributed by atoms with Crippen LogP contribution in [-0.4, -0.2) is 22.4 Å². The Hall–Kier alpha value is -2.38. The maximum Gasteiger partial charge on any atom is 0.322 e. The molecule has 24 heavy (non-hydrogen) atoms. The van der Waals surface area contributed by atoms with Crippen molar-refractivity contribution < 1.29 is 9.21 Å².